The third-order valence-corrected chi connectivity index (χ3v) is 3.94. The fraction of sp³-hybridized carbons (Fsp3) is 0.562. The van der Waals surface area contributed by atoms with E-state index >= 15 is 0 Å². The molecule has 0 aromatic heterocycles. The van der Waals surface area contributed by atoms with Crippen molar-refractivity contribution >= 4 is 5.91 Å². The van der Waals surface area contributed by atoms with Crippen LogP contribution in [0.4, 0.5) is 0 Å². The first-order valence-electron chi connectivity index (χ1n) is 7.26. The van der Waals surface area contributed by atoms with E-state index in [1.165, 1.54) is 12.8 Å². The molecule has 2 unspecified atom stereocenters. The number of rotatable bonds is 7. The highest BCUT2D eigenvalue weighted by atomic mass is 16.5. The summed E-state index contributed by atoms with van der Waals surface area (Å²) in [5, 5.41) is 2.94. The number of hydrogen-bond acceptors (Lipinski definition) is 3. The molecule has 0 spiro atoms. The maximum Gasteiger partial charge on any atom is 0.220 e. The van der Waals surface area contributed by atoms with E-state index < -0.39 is 0 Å². The fourth-order valence-electron chi connectivity index (χ4n) is 2.32. The third-order valence-electron chi connectivity index (χ3n) is 3.94. The van der Waals surface area contributed by atoms with Crippen LogP contribution in [0.3, 0.4) is 0 Å². The topological polar surface area (TPSA) is 64.3 Å². The van der Waals surface area contributed by atoms with Gasteiger partial charge in [0.1, 0.15) is 5.75 Å². The summed E-state index contributed by atoms with van der Waals surface area (Å²) in [4.78, 5) is 11.9. The first kappa shape index (κ1) is 14.9. The van der Waals surface area contributed by atoms with Crippen LogP contribution in [0, 0.1) is 5.92 Å². The van der Waals surface area contributed by atoms with Crippen molar-refractivity contribution in [1.82, 2.24) is 5.32 Å². The number of ether oxygens (including phenoxy) is 1. The van der Waals surface area contributed by atoms with E-state index in [9.17, 15) is 4.79 Å². The Morgan fingerprint density at radius 2 is 2.05 bits per heavy atom. The molecule has 0 bridgehead atoms. The van der Waals surface area contributed by atoms with Crippen molar-refractivity contribution in [2.24, 2.45) is 11.7 Å². The third kappa shape index (κ3) is 4.23. The first-order valence-corrected chi connectivity index (χ1v) is 7.26. The van der Waals surface area contributed by atoms with Gasteiger partial charge < -0.3 is 15.8 Å². The van der Waals surface area contributed by atoms with Crippen molar-refractivity contribution in [2.75, 3.05) is 13.7 Å². The quantitative estimate of drug-likeness (QED) is 0.801. The highest BCUT2D eigenvalue weighted by Gasteiger charge is 2.28. The van der Waals surface area contributed by atoms with Gasteiger partial charge in [0, 0.05) is 19.0 Å². The zero-order chi connectivity index (χ0) is 14.5. The minimum Gasteiger partial charge on any atom is -0.497 e. The smallest absolute Gasteiger partial charge is 0.220 e. The van der Waals surface area contributed by atoms with Crippen molar-refractivity contribution in [1.29, 1.82) is 0 Å². The lowest BCUT2D eigenvalue weighted by Crippen LogP contribution is -2.38. The summed E-state index contributed by atoms with van der Waals surface area (Å²) in [6.45, 7) is 2.65. The van der Waals surface area contributed by atoms with Crippen LogP contribution in [0.2, 0.25) is 0 Å². The highest BCUT2D eigenvalue weighted by molar-refractivity contribution is 5.76. The Kier molecular flexibility index (Phi) is 5.01. The van der Waals surface area contributed by atoms with Gasteiger partial charge >= 0.3 is 0 Å². The van der Waals surface area contributed by atoms with Crippen LogP contribution >= 0.6 is 0 Å². The van der Waals surface area contributed by atoms with Crippen LogP contribution in [0.5, 0.6) is 5.75 Å². The summed E-state index contributed by atoms with van der Waals surface area (Å²) in [5.41, 5.74) is 7.12. The first-order chi connectivity index (χ1) is 9.60. The molecule has 20 heavy (non-hydrogen) atoms. The van der Waals surface area contributed by atoms with Crippen LogP contribution in [0.1, 0.15) is 37.7 Å². The molecular formula is C16H24N2O2. The molecule has 1 saturated carbocycles. The van der Waals surface area contributed by atoms with Gasteiger partial charge in [0.2, 0.25) is 5.91 Å². The molecule has 0 radical (unpaired) electrons. The van der Waals surface area contributed by atoms with Gasteiger partial charge in [-0.25, -0.2) is 0 Å². The van der Waals surface area contributed by atoms with Crippen molar-refractivity contribution in [3.8, 4) is 5.75 Å². The van der Waals surface area contributed by atoms with Crippen LogP contribution < -0.4 is 15.8 Å². The summed E-state index contributed by atoms with van der Waals surface area (Å²) in [6.07, 6.45) is 2.91. The number of methoxy groups -OCH3 is 1. The van der Waals surface area contributed by atoms with E-state index in [1.807, 2.05) is 24.3 Å². The predicted molar refractivity (Wildman–Crippen MR) is 79.7 cm³/mol. The van der Waals surface area contributed by atoms with E-state index in [0.29, 0.717) is 18.9 Å². The number of nitrogens with one attached hydrogen (secondary N) is 1. The Balaban J connectivity index is 1.76. The number of nitrogens with two attached hydrogens (primary N) is 1. The molecule has 4 heteroatoms. The monoisotopic (exact) mass is 276 g/mol. The lowest BCUT2D eigenvalue weighted by atomic mass is 9.97. The standard InChI is InChI=1S/C16H24N2O2/c1-11(12-5-7-14(20-2)8-6-12)9-16(19)18-10-15(17)13-3-4-13/h5-8,11,13,15H,3-4,9-10,17H2,1-2H3,(H,18,19). The maximum atomic E-state index is 11.9. The summed E-state index contributed by atoms with van der Waals surface area (Å²) in [6, 6.07) is 7.98. The molecule has 1 amide bonds. The number of benzene rings is 1. The summed E-state index contributed by atoms with van der Waals surface area (Å²) in [5.74, 6) is 1.72. The Morgan fingerprint density at radius 1 is 1.40 bits per heavy atom. The van der Waals surface area contributed by atoms with Gasteiger partial charge in [-0.3, -0.25) is 4.79 Å². The van der Waals surface area contributed by atoms with Crippen molar-refractivity contribution in [2.45, 2.75) is 38.1 Å². The molecule has 2 atom stereocenters. The fourth-order valence-corrected chi connectivity index (χ4v) is 2.32. The molecule has 110 valence electrons. The Morgan fingerprint density at radius 3 is 2.60 bits per heavy atom. The second kappa shape index (κ2) is 6.75. The molecule has 0 heterocycles. The van der Waals surface area contributed by atoms with Gasteiger partial charge in [-0.05, 0) is 42.4 Å². The summed E-state index contributed by atoms with van der Waals surface area (Å²) >= 11 is 0. The van der Waals surface area contributed by atoms with Crippen LogP contribution in [0.15, 0.2) is 24.3 Å². The van der Waals surface area contributed by atoms with E-state index in [1.54, 1.807) is 7.11 Å². The molecule has 3 N–H and O–H groups in total. The Hall–Kier alpha value is -1.55. The average Bonchev–Trinajstić information content (AvgIpc) is 3.29. The van der Waals surface area contributed by atoms with Gasteiger partial charge in [0.05, 0.1) is 7.11 Å². The molecule has 1 aromatic rings. The summed E-state index contributed by atoms with van der Waals surface area (Å²) < 4.78 is 5.13. The van der Waals surface area contributed by atoms with Gasteiger partial charge in [-0.2, -0.15) is 0 Å². The molecular weight excluding hydrogens is 252 g/mol. The van der Waals surface area contributed by atoms with Crippen LogP contribution in [0.25, 0.3) is 0 Å². The van der Waals surface area contributed by atoms with Gasteiger partial charge in [-0.1, -0.05) is 19.1 Å². The molecule has 1 aliphatic rings. The van der Waals surface area contributed by atoms with Gasteiger partial charge in [0.15, 0.2) is 0 Å². The molecule has 4 nitrogen and oxygen atoms in total. The second-order valence-corrected chi connectivity index (χ2v) is 5.68. The zero-order valence-corrected chi connectivity index (χ0v) is 12.3. The maximum absolute atomic E-state index is 11.9. The molecule has 0 aliphatic heterocycles. The van der Waals surface area contributed by atoms with Gasteiger partial charge in [0.25, 0.3) is 0 Å². The minimum absolute atomic E-state index is 0.0735. The van der Waals surface area contributed by atoms with Crippen molar-refractivity contribution in [3.63, 3.8) is 0 Å². The average molecular weight is 276 g/mol. The summed E-state index contributed by atoms with van der Waals surface area (Å²) in [7, 11) is 1.65. The zero-order valence-electron chi connectivity index (χ0n) is 12.3. The lowest BCUT2D eigenvalue weighted by Gasteiger charge is -2.15. The Bertz CT molecular complexity index is 440. The number of hydrogen-bond donors (Lipinski definition) is 2. The number of carbonyl (C=O) groups excluding carboxylic acids is 1. The minimum atomic E-state index is 0.0735. The molecule has 1 fully saturated rings. The van der Waals surface area contributed by atoms with Crippen LogP contribution in [-0.2, 0) is 4.79 Å². The largest absolute Gasteiger partial charge is 0.497 e. The van der Waals surface area contributed by atoms with Crippen molar-refractivity contribution in [3.05, 3.63) is 29.8 Å². The number of carbonyl (C=O) groups is 1. The second-order valence-electron chi connectivity index (χ2n) is 5.68. The lowest BCUT2D eigenvalue weighted by molar-refractivity contribution is -0.121. The predicted octanol–water partition coefficient (Wildman–Crippen LogP) is 2.04. The van der Waals surface area contributed by atoms with E-state index in [-0.39, 0.29) is 17.9 Å². The highest BCUT2D eigenvalue weighted by Crippen LogP contribution is 2.31. The van der Waals surface area contributed by atoms with Crippen molar-refractivity contribution < 1.29 is 9.53 Å². The molecule has 2 rings (SSSR count). The molecule has 0 saturated heterocycles. The molecule has 1 aromatic carbocycles. The van der Waals surface area contributed by atoms with E-state index in [0.717, 1.165) is 11.3 Å². The van der Waals surface area contributed by atoms with Crippen LogP contribution in [-0.4, -0.2) is 25.6 Å². The Labute approximate surface area is 120 Å². The van der Waals surface area contributed by atoms with Gasteiger partial charge in [-0.15, -0.1) is 0 Å². The number of amides is 1. The normalized spacial score (nSPS) is 17.4. The van der Waals surface area contributed by atoms with E-state index in [4.69, 9.17) is 10.5 Å². The van der Waals surface area contributed by atoms with E-state index in [2.05, 4.69) is 12.2 Å². The molecule has 1 aliphatic carbocycles. The SMILES string of the molecule is COc1ccc(C(C)CC(=O)NCC(N)C2CC2)cc1.